The van der Waals surface area contributed by atoms with Crippen molar-refractivity contribution < 1.29 is 22.7 Å². The van der Waals surface area contributed by atoms with Gasteiger partial charge in [-0.3, -0.25) is 9.69 Å². The van der Waals surface area contributed by atoms with Gasteiger partial charge in [-0.05, 0) is 18.1 Å². The van der Waals surface area contributed by atoms with Crippen LogP contribution in [0, 0.1) is 0 Å². The smallest absolute Gasteiger partial charge is 0.371 e. The minimum atomic E-state index is -4.35. The molecule has 24 heavy (non-hydrogen) atoms. The van der Waals surface area contributed by atoms with Gasteiger partial charge in [-0.2, -0.15) is 13.2 Å². The van der Waals surface area contributed by atoms with E-state index in [1.807, 2.05) is 29.2 Å². The van der Waals surface area contributed by atoms with Crippen LogP contribution in [0.25, 0.3) is 0 Å². The SMILES string of the molecule is O=C1C(N2CCOC(c3ccccc3Br)C2)CCN1CC(F)(F)F. The Hall–Kier alpha value is -1.12. The fraction of sp³-hybridized carbons (Fsp3) is 0.562. The molecule has 1 amide bonds. The first-order valence-corrected chi connectivity index (χ1v) is 8.60. The van der Waals surface area contributed by atoms with Gasteiger partial charge in [0.05, 0.1) is 18.8 Å². The van der Waals surface area contributed by atoms with Crippen molar-refractivity contribution in [2.24, 2.45) is 0 Å². The molecule has 0 aromatic heterocycles. The van der Waals surface area contributed by atoms with E-state index in [-0.39, 0.29) is 12.6 Å². The maximum absolute atomic E-state index is 12.5. The van der Waals surface area contributed by atoms with Crippen LogP contribution in [0.15, 0.2) is 28.7 Å². The summed E-state index contributed by atoms with van der Waals surface area (Å²) in [5.41, 5.74) is 0.986. The topological polar surface area (TPSA) is 32.8 Å². The van der Waals surface area contributed by atoms with Crippen LogP contribution >= 0.6 is 15.9 Å². The van der Waals surface area contributed by atoms with E-state index in [2.05, 4.69) is 15.9 Å². The number of alkyl halides is 3. The van der Waals surface area contributed by atoms with Crippen LogP contribution in [0.3, 0.4) is 0 Å². The first-order chi connectivity index (χ1) is 11.3. The number of morpholine rings is 1. The normalized spacial score (nSPS) is 26.2. The molecule has 1 aromatic carbocycles. The van der Waals surface area contributed by atoms with Crippen LogP contribution in [0.4, 0.5) is 13.2 Å². The maximum Gasteiger partial charge on any atom is 0.406 e. The molecule has 2 fully saturated rings. The number of likely N-dealkylation sites (tertiary alicyclic amines) is 1. The number of ether oxygens (including phenoxy) is 1. The summed E-state index contributed by atoms with van der Waals surface area (Å²) in [4.78, 5) is 15.2. The van der Waals surface area contributed by atoms with Crippen molar-refractivity contribution in [2.45, 2.75) is 24.7 Å². The number of amides is 1. The Morgan fingerprint density at radius 2 is 2.00 bits per heavy atom. The summed E-state index contributed by atoms with van der Waals surface area (Å²) in [6.45, 7) is 0.492. The second-order valence-corrected chi connectivity index (χ2v) is 6.91. The van der Waals surface area contributed by atoms with E-state index in [1.54, 1.807) is 0 Å². The van der Waals surface area contributed by atoms with Crippen molar-refractivity contribution >= 4 is 21.8 Å². The fourth-order valence-corrected chi connectivity index (χ4v) is 3.85. The highest BCUT2D eigenvalue weighted by molar-refractivity contribution is 9.10. The van der Waals surface area contributed by atoms with E-state index in [9.17, 15) is 18.0 Å². The predicted molar refractivity (Wildman–Crippen MR) is 85.4 cm³/mol. The molecule has 3 rings (SSSR count). The summed E-state index contributed by atoms with van der Waals surface area (Å²) < 4.78 is 44.4. The van der Waals surface area contributed by atoms with Gasteiger partial charge in [-0.15, -0.1) is 0 Å². The molecule has 0 spiro atoms. The van der Waals surface area contributed by atoms with Gasteiger partial charge >= 0.3 is 6.18 Å². The lowest BCUT2D eigenvalue weighted by Crippen LogP contribution is -2.49. The minimum Gasteiger partial charge on any atom is -0.371 e. The second-order valence-electron chi connectivity index (χ2n) is 6.06. The fourth-order valence-electron chi connectivity index (χ4n) is 3.31. The molecule has 2 aliphatic heterocycles. The lowest BCUT2D eigenvalue weighted by Gasteiger charge is -2.36. The molecule has 2 atom stereocenters. The van der Waals surface area contributed by atoms with Gasteiger partial charge in [0.25, 0.3) is 0 Å². The first kappa shape index (κ1) is 17.7. The molecular weight excluding hydrogens is 389 g/mol. The van der Waals surface area contributed by atoms with E-state index in [1.165, 1.54) is 0 Å². The first-order valence-electron chi connectivity index (χ1n) is 7.81. The third kappa shape index (κ3) is 3.92. The summed E-state index contributed by atoms with van der Waals surface area (Å²) in [6, 6.07) is 7.20. The Bertz CT molecular complexity index is 611. The monoisotopic (exact) mass is 406 g/mol. The third-order valence-electron chi connectivity index (χ3n) is 4.43. The highest BCUT2D eigenvalue weighted by Gasteiger charge is 2.42. The van der Waals surface area contributed by atoms with Crippen LogP contribution in [0.1, 0.15) is 18.1 Å². The molecule has 2 aliphatic rings. The molecule has 0 bridgehead atoms. The number of hydrogen-bond donors (Lipinski definition) is 0. The molecule has 4 nitrogen and oxygen atoms in total. The average Bonchev–Trinajstić information content (AvgIpc) is 2.87. The van der Waals surface area contributed by atoms with E-state index in [0.29, 0.717) is 26.1 Å². The Kier molecular flexibility index (Phi) is 5.17. The predicted octanol–water partition coefficient (Wildman–Crippen LogP) is 2.99. The molecule has 2 heterocycles. The van der Waals surface area contributed by atoms with Crippen molar-refractivity contribution in [3.8, 4) is 0 Å². The van der Waals surface area contributed by atoms with Gasteiger partial charge in [0.1, 0.15) is 6.54 Å². The second kappa shape index (κ2) is 7.01. The number of carbonyl (C=O) groups excluding carboxylic acids is 1. The van der Waals surface area contributed by atoms with Gasteiger partial charge in [-0.25, -0.2) is 0 Å². The maximum atomic E-state index is 12.5. The highest BCUT2D eigenvalue weighted by Crippen LogP contribution is 2.31. The van der Waals surface area contributed by atoms with Crippen LogP contribution in [-0.2, 0) is 9.53 Å². The number of rotatable bonds is 3. The van der Waals surface area contributed by atoms with Gasteiger partial charge in [-0.1, -0.05) is 34.1 Å². The zero-order valence-electron chi connectivity index (χ0n) is 12.9. The molecule has 0 N–H and O–H groups in total. The molecule has 8 heteroatoms. The van der Waals surface area contributed by atoms with E-state index >= 15 is 0 Å². The van der Waals surface area contributed by atoms with Gasteiger partial charge < -0.3 is 9.64 Å². The van der Waals surface area contributed by atoms with Crippen molar-refractivity contribution in [1.29, 1.82) is 0 Å². The molecule has 2 unspecified atom stereocenters. The zero-order valence-corrected chi connectivity index (χ0v) is 14.5. The average molecular weight is 407 g/mol. The molecule has 0 radical (unpaired) electrons. The van der Waals surface area contributed by atoms with Gasteiger partial charge in [0, 0.05) is 24.1 Å². The lowest BCUT2D eigenvalue weighted by molar-refractivity contribution is -0.160. The lowest BCUT2D eigenvalue weighted by atomic mass is 10.1. The molecular formula is C16H18BrF3N2O2. The van der Waals surface area contributed by atoms with E-state index < -0.39 is 24.7 Å². The summed E-state index contributed by atoms with van der Waals surface area (Å²) in [5, 5.41) is 0. The molecule has 2 saturated heterocycles. The van der Waals surface area contributed by atoms with Crippen LogP contribution in [0.2, 0.25) is 0 Å². The van der Waals surface area contributed by atoms with Crippen molar-refractivity contribution in [2.75, 3.05) is 32.8 Å². The molecule has 0 saturated carbocycles. The van der Waals surface area contributed by atoms with E-state index in [4.69, 9.17) is 4.74 Å². The van der Waals surface area contributed by atoms with Gasteiger partial charge in [0.15, 0.2) is 0 Å². The summed E-state index contributed by atoms with van der Waals surface area (Å²) in [7, 11) is 0. The summed E-state index contributed by atoms with van der Waals surface area (Å²) in [6.07, 6.45) is -4.12. The molecule has 0 aliphatic carbocycles. The summed E-state index contributed by atoms with van der Waals surface area (Å²) in [5.74, 6) is -0.430. The molecule has 1 aromatic rings. The Morgan fingerprint density at radius 1 is 1.25 bits per heavy atom. The Labute approximate surface area is 146 Å². The van der Waals surface area contributed by atoms with Crippen LogP contribution in [0.5, 0.6) is 0 Å². The Balaban J connectivity index is 1.67. The number of nitrogens with zero attached hydrogens (tertiary/aromatic N) is 2. The number of benzene rings is 1. The third-order valence-corrected chi connectivity index (χ3v) is 5.15. The van der Waals surface area contributed by atoms with Crippen molar-refractivity contribution in [1.82, 2.24) is 9.80 Å². The Morgan fingerprint density at radius 3 is 2.71 bits per heavy atom. The number of hydrogen-bond acceptors (Lipinski definition) is 3. The van der Waals surface area contributed by atoms with Crippen LogP contribution in [-0.4, -0.2) is 60.7 Å². The number of halogens is 4. The minimum absolute atomic E-state index is 0.153. The van der Waals surface area contributed by atoms with E-state index in [0.717, 1.165) is 14.9 Å². The largest absolute Gasteiger partial charge is 0.406 e. The van der Waals surface area contributed by atoms with Crippen LogP contribution < -0.4 is 0 Å². The number of carbonyl (C=O) groups is 1. The van der Waals surface area contributed by atoms with Crippen molar-refractivity contribution in [3.05, 3.63) is 34.3 Å². The molecule has 132 valence electrons. The van der Waals surface area contributed by atoms with Gasteiger partial charge in [0.2, 0.25) is 5.91 Å². The zero-order chi connectivity index (χ0) is 17.3. The highest BCUT2D eigenvalue weighted by atomic mass is 79.9. The summed E-state index contributed by atoms with van der Waals surface area (Å²) >= 11 is 3.49. The quantitative estimate of drug-likeness (QED) is 0.773. The standard InChI is InChI=1S/C16H18BrF3N2O2/c17-12-4-2-1-3-11(12)14-9-21(7-8-24-14)13-5-6-22(15(13)23)10-16(18,19)20/h1-4,13-14H,5-10H2. The van der Waals surface area contributed by atoms with Crippen molar-refractivity contribution in [3.63, 3.8) is 0 Å².